The molecule has 0 atom stereocenters. The minimum atomic E-state index is -0.563. The van der Waals surface area contributed by atoms with Crippen LogP contribution in [0.25, 0.3) is 0 Å². The van der Waals surface area contributed by atoms with Gasteiger partial charge >= 0.3 is 0 Å². The molecular formula is C16H10Cl3NO2. The molecule has 112 valence electrons. The number of ketones is 1. The number of Topliss-reactive ketones (excluding diaryl/α,β-unsaturated/α-hetero) is 1. The number of rotatable bonds is 2. The van der Waals surface area contributed by atoms with Crippen molar-refractivity contribution in [2.75, 3.05) is 4.90 Å². The number of hydrogen-bond donors (Lipinski definition) is 0. The molecule has 2 aromatic carbocycles. The summed E-state index contributed by atoms with van der Waals surface area (Å²) in [6.07, 6.45) is 0. The Bertz CT molecular complexity index is 817. The Kier molecular flexibility index (Phi) is 3.89. The fourth-order valence-corrected chi connectivity index (χ4v) is 3.17. The van der Waals surface area contributed by atoms with Gasteiger partial charge < -0.3 is 4.90 Å². The number of carbonyl (C=O) groups excluding carboxylic acids is 2. The molecule has 0 saturated heterocycles. The molecule has 0 bridgehead atoms. The third-order valence-electron chi connectivity index (χ3n) is 3.54. The number of carbonyl (C=O) groups is 2. The van der Waals surface area contributed by atoms with E-state index in [4.69, 9.17) is 34.8 Å². The van der Waals surface area contributed by atoms with Gasteiger partial charge in [0, 0.05) is 5.02 Å². The van der Waals surface area contributed by atoms with Gasteiger partial charge in [-0.1, -0.05) is 40.9 Å². The standard InChI is InChI=1S/C16H10Cl3NO2/c1-8-4-10(17)6-11-14(8)20(16(22)15(11)21)7-9-2-3-12(18)13(19)5-9/h2-6H,7H2,1H3. The Hall–Kier alpha value is -1.55. The predicted molar refractivity (Wildman–Crippen MR) is 88.2 cm³/mol. The highest BCUT2D eigenvalue weighted by molar-refractivity contribution is 6.52. The molecule has 22 heavy (non-hydrogen) atoms. The highest BCUT2D eigenvalue weighted by Crippen LogP contribution is 2.36. The number of hydrogen-bond acceptors (Lipinski definition) is 2. The summed E-state index contributed by atoms with van der Waals surface area (Å²) in [5.41, 5.74) is 2.51. The first kappa shape index (κ1) is 15.3. The van der Waals surface area contributed by atoms with E-state index in [0.717, 1.165) is 11.1 Å². The molecule has 0 aromatic heterocycles. The summed E-state index contributed by atoms with van der Waals surface area (Å²) < 4.78 is 0. The van der Waals surface area contributed by atoms with Gasteiger partial charge in [-0.05, 0) is 42.3 Å². The fourth-order valence-electron chi connectivity index (χ4n) is 2.58. The van der Waals surface area contributed by atoms with Crippen LogP contribution in [0.2, 0.25) is 15.1 Å². The van der Waals surface area contributed by atoms with Gasteiger partial charge in [-0.3, -0.25) is 9.59 Å². The Morgan fingerprint density at radius 3 is 2.41 bits per heavy atom. The lowest BCUT2D eigenvalue weighted by molar-refractivity contribution is -0.114. The quantitative estimate of drug-likeness (QED) is 0.734. The van der Waals surface area contributed by atoms with Crippen LogP contribution >= 0.6 is 34.8 Å². The number of fused-ring (bicyclic) bond motifs is 1. The molecule has 0 radical (unpaired) electrons. The van der Waals surface area contributed by atoms with Crippen molar-refractivity contribution in [1.29, 1.82) is 0 Å². The molecule has 3 nitrogen and oxygen atoms in total. The summed E-state index contributed by atoms with van der Waals surface area (Å²) in [7, 11) is 0. The molecule has 0 aliphatic carbocycles. The molecule has 0 spiro atoms. The van der Waals surface area contributed by atoms with E-state index in [1.807, 2.05) is 6.92 Å². The van der Waals surface area contributed by atoms with E-state index < -0.39 is 11.7 Å². The van der Waals surface area contributed by atoms with Crippen LogP contribution in [0.3, 0.4) is 0 Å². The Morgan fingerprint density at radius 1 is 1.00 bits per heavy atom. The predicted octanol–water partition coefficient (Wildman–Crippen LogP) is 4.68. The second-order valence-electron chi connectivity index (χ2n) is 5.09. The molecule has 3 rings (SSSR count). The van der Waals surface area contributed by atoms with Gasteiger partial charge in [0.15, 0.2) is 0 Å². The van der Waals surface area contributed by atoms with Crippen molar-refractivity contribution >= 4 is 52.2 Å². The number of halogens is 3. The van der Waals surface area contributed by atoms with Crippen LogP contribution < -0.4 is 4.90 Å². The van der Waals surface area contributed by atoms with Gasteiger partial charge in [0.25, 0.3) is 11.7 Å². The van der Waals surface area contributed by atoms with Gasteiger partial charge in [-0.2, -0.15) is 0 Å². The molecule has 1 aliphatic heterocycles. The first-order valence-corrected chi connectivity index (χ1v) is 7.62. The molecule has 1 aliphatic rings. The fraction of sp³-hybridized carbons (Fsp3) is 0.125. The summed E-state index contributed by atoms with van der Waals surface area (Å²) in [5, 5.41) is 1.29. The zero-order chi connectivity index (χ0) is 16.0. The van der Waals surface area contributed by atoms with Crippen LogP contribution in [0, 0.1) is 6.92 Å². The molecule has 0 unspecified atom stereocenters. The summed E-state index contributed by atoms with van der Waals surface area (Å²) in [5.74, 6) is -1.10. The van der Waals surface area contributed by atoms with E-state index >= 15 is 0 Å². The first-order chi connectivity index (χ1) is 10.4. The van der Waals surface area contributed by atoms with Crippen molar-refractivity contribution in [3.63, 3.8) is 0 Å². The summed E-state index contributed by atoms with van der Waals surface area (Å²) in [6, 6.07) is 8.38. The van der Waals surface area contributed by atoms with Crippen molar-refractivity contribution in [2.45, 2.75) is 13.5 Å². The number of anilines is 1. The topological polar surface area (TPSA) is 37.4 Å². The van der Waals surface area contributed by atoms with Crippen LogP contribution in [0.15, 0.2) is 30.3 Å². The van der Waals surface area contributed by atoms with Gasteiger partial charge in [-0.25, -0.2) is 0 Å². The van der Waals surface area contributed by atoms with Crippen molar-refractivity contribution in [3.8, 4) is 0 Å². The van der Waals surface area contributed by atoms with E-state index in [1.54, 1.807) is 24.3 Å². The first-order valence-electron chi connectivity index (χ1n) is 6.48. The SMILES string of the molecule is Cc1cc(Cl)cc2c1N(Cc1ccc(Cl)c(Cl)c1)C(=O)C2=O. The van der Waals surface area contributed by atoms with E-state index in [1.165, 1.54) is 11.0 Å². The number of amides is 1. The second kappa shape index (κ2) is 5.58. The molecule has 1 heterocycles. The third-order valence-corrected chi connectivity index (χ3v) is 4.50. The maximum Gasteiger partial charge on any atom is 0.299 e. The Labute approximate surface area is 142 Å². The van der Waals surface area contributed by atoms with Crippen LogP contribution in [-0.4, -0.2) is 11.7 Å². The second-order valence-corrected chi connectivity index (χ2v) is 6.34. The summed E-state index contributed by atoms with van der Waals surface area (Å²) >= 11 is 17.9. The highest BCUT2D eigenvalue weighted by Gasteiger charge is 2.37. The monoisotopic (exact) mass is 353 g/mol. The number of benzene rings is 2. The van der Waals surface area contributed by atoms with E-state index in [2.05, 4.69) is 0 Å². The molecule has 0 saturated carbocycles. The number of nitrogens with zero attached hydrogens (tertiary/aromatic N) is 1. The van der Waals surface area contributed by atoms with Gasteiger partial charge in [-0.15, -0.1) is 0 Å². The minimum Gasteiger partial charge on any atom is -0.300 e. The van der Waals surface area contributed by atoms with Crippen LogP contribution in [0.5, 0.6) is 0 Å². The molecule has 0 fully saturated rings. The van der Waals surface area contributed by atoms with E-state index in [0.29, 0.717) is 26.3 Å². The van der Waals surface area contributed by atoms with E-state index in [-0.39, 0.29) is 6.54 Å². The molecular weight excluding hydrogens is 345 g/mol. The van der Waals surface area contributed by atoms with Gasteiger partial charge in [0.05, 0.1) is 27.8 Å². The lowest BCUT2D eigenvalue weighted by Gasteiger charge is -2.19. The van der Waals surface area contributed by atoms with Crippen molar-refractivity contribution in [3.05, 3.63) is 62.1 Å². The maximum absolute atomic E-state index is 12.3. The Balaban J connectivity index is 2.04. The van der Waals surface area contributed by atoms with Crippen LogP contribution in [0.1, 0.15) is 21.5 Å². The maximum atomic E-state index is 12.3. The minimum absolute atomic E-state index is 0.247. The zero-order valence-electron chi connectivity index (χ0n) is 11.5. The Morgan fingerprint density at radius 2 is 1.73 bits per heavy atom. The number of aryl methyl sites for hydroxylation is 1. The molecule has 6 heteroatoms. The normalized spacial score (nSPS) is 13.7. The molecule has 1 amide bonds. The third kappa shape index (κ3) is 2.50. The van der Waals surface area contributed by atoms with Crippen LogP contribution in [-0.2, 0) is 11.3 Å². The largest absolute Gasteiger partial charge is 0.300 e. The van der Waals surface area contributed by atoms with Crippen molar-refractivity contribution in [2.24, 2.45) is 0 Å². The van der Waals surface area contributed by atoms with Crippen LogP contribution in [0.4, 0.5) is 5.69 Å². The summed E-state index contributed by atoms with van der Waals surface area (Å²) in [6.45, 7) is 2.06. The smallest absolute Gasteiger partial charge is 0.299 e. The van der Waals surface area contributed by atoms with E-state index in [9.17, 15) is 9.59 Å². The molecule has 0 N–H and O–H groups in total. The average molecular weight is 355 g/mol. The average Bonchev–Trinajstić information content (AvgIpc) is 2.68. The molecule has 2 aromatic rings. The zero-order valence-corrected chi connectivity index (χ0v) is 13.8. The summed E-state index contributed by atoms with van der Waals surface area (Å²) in [4.78, 5) is 25.8. The van der Waals surface area contributed by atoms with Crippen molar-refractivity contribution < 1.29 is 9.59 Å². The van der Waals surface area contributed by atoms with Gasteiger partial charge in [0.2, 0.25) is 0 Å². The van der Waals surface area contributed by atoms with Gasteiger partial charge in [0.1, 0.15) is 0 Å². The highest BCUT2D eigenvalue weighted by atomic mass is 35.5. The van der Waals surface area contributed by atoms with Crippen molar-refractivity contribution in [1.82, 2.24) is 0 Å². The lowest BCUT2D eigenvalue weighted by atomic mass is 10.1. The lowest BCUT2D eigenvalue weighted by Crippen LogP contribution is -2.29.